The molecule has 3 atom stereocenters. The molecule has 1 amide bonds. The van der Waals surface area contributed by atoms with Crippen LogP contribution in [0.1, 0.15) is 42.6 Å². The van der Waals surface area contributed by atoms with Gasteiger partial charge in [-0.3, -0.25) is 15.3 Å². The molecule has 6 heteroatoms. The lowest BCUT2D eigenvalue weighted by atomic mass is 9.95. The van der Waals surface area contributed by atoms with E-state index in [0.717, 1.165) is 37.1 Å². The van der Waals surface area contributed by atoms with Crippen LogP contribution < -0.4 is 0 Å². The predicted octanol–water partition coefficient (Wildman–Crippen LogP) is 4.18. The highest BCUT2D eigenvalue weighted by atomic mass is 16.2. The minimum absolute atomic E-state index is 0.0759. The molecule has 3 heterocycles. The third-order valence-corrected chi connectivity index (χ3v) is 6.21. The highest BCUT2D eigenvalue weighted by Gasteiger charge is 2.35. The van der Waals surface area contributed by atoms with Crippen molar-refractivity contribution in [2.45, 2.75) is 32.7 Å². The first kappa shape index (κ1) is 20.1. The SMILES string of the molecule is C/C=C(\CC1C=CN(CC2CC(C)N(C(=O)c3ccccc3)C2)C1=N)c1cn[nH]c1. The fourth-order valence-electron chi connectivity index (χ4n) is 4.56. The number of amides is 1. The van der Waals surface area contributed by atoms with Crippen molar-refractivity contribution in [3.8, 4) is 0 Å². The fraction of sp³-hybridized carbons (Fsp3) is 0.375. The molecular formula is C24H29N5O. The summed E-state index contributed by atoms with van der Waals surface area (Å²) < 4.78 is 0. The molecule has 2 N–H and O–H groups in total. The molecule has 2 aliphatic rings. The second-order valence-corrected chi connectivity index (χ2v) is 8.26. The summed E-state index contributed by atoms with van der Waals surface area (Å²) in [5.41, 5.74) is 3.02. The molecule has 0 saturated carbocycles. The zero-order valence-corrected chi connectivity index (χ0v) is 17.6. The van der Waals surface area contributed by atoms with Crippen LogP contribution in [0.4, 0.5) is 0 Å². The molecule has 1 aromatic carbocycles. The van der Waals surface area contributed by atoms with Crippen LogP contribution in [0, 0.1) is 17.2 Å². The van der Waals surface area contributed by atoms with Gasteiger partial charge in [-0.2, -0.15) is 5.10 Å². The Labute approximate surface area is 177 Å². The van der Waals surface area contributed by atoms with Crippen molar-refractivity contribution in [3.05, 3.63) is 72.2 Å². The molecule has 1 saturated heterocycles. The van der Waals surface area contributed by atoms with E-state index in [-0.39, 0.29) is 17.9 Å². The summed E-state index contributed by atoms with van der Waals surface area (Å²) in [6.45, 7) is 5.68. The standard InChI is InChI=1S/C24H29N5O/c1-3-19(22-13-26-27-14-22)12-21-9-10-28(23(21)25)15-18-11-17(2)29(16-18)24(30)20-7-5-4-6-8-20/h3-10,13-14,17-18,21,25H,11-12,15-16H2,1-2H3,(H,26,27)/b19-3+,25-23?. The van der Waals surface area contributed by atoms with Crippen LogP contribution in [0.3, 0.4) is 0 Å². The molecule has 4 rings (SSSR count). The van der Waals surface area contributed by atoms with Gasteiger partial charge in [0.05, 0.1) is 6.20 Å². The van der Waals surface area contributed by atoms with Gasteiger partial charge in [-0.15, -0.1) is 0 Å². The first-order valence-corrected chi connectivity index (χ1v) is 10.6. The molecule has 3 unspecified atom stereocenters. The van der Waals surface area contributed by atoms with Crippen molar-refractivity contribution in [3.63, 3.8) is 0 Å². The Kier molecular flexibility index (Phi) is 5.84. The first-order chi connectivity index (χ1) is 14.6. The fourth-order valence-corrected chi connectivity index (χ4v) is 4.56. The minimum atomic E-state index is 0.0759. The Balaban J connectivity index is 1.35. The second-order valence-electron chi connectivity index (χ2n) is 8.26. The number of hydrogen-bond donors (Lipinski definition) is 2. The highest BCUT2D eigenvalue weighted by Crippen LogP contribution is 2.30. The molecule has 30 heavy (non-hydrogen) atoms. The van der Waals surface area contributed by atoms with Crippen LogP contribution in [0.15, 0.2) is 61.1 Å². The van der Waals surface area contributed by atoms with Gasteiger partial charge in [0.25, 0.3) is 5.91 Å². The van der Waals surface area contributed by atoms with Crippen molar-refractivity contribution < 1.29 is 4.79 Å². The molecular weight excluding hydrogens is 374 g/mol. The Morgan fingerprint density at radius 3 is 2.80 bits per heavy atom. The summed E-state index contributed by atoms with van der Waals surface area (Å²) in [4.78, 5) is 16.9. The van der Waals surface area contributed by atoms with E-state index >= 15 is 0 Å². The molecule has 1 aromatic heterocycles. The number of H-pyrrole nitrogens is 1. The molecule has 0 spiro atoms. The van der Waals surface area contributed by atoms with Crippen molar-refractivity contribution in [2.75, 3.05) is 13.1 Å². The highest BCUT2D eigenvalue weighted by molar-refractivity contribution is 5.94. The summed E-state index contributed by atoms with van der Waals surface area (Å²) in [6.07, 6.45) is 11.7. The number of aromatic amines is 1. The van der Waals surface area contributed by atoms with Gasteiger partial charge >= 0.3 is 0 Å². The number of aromatic nitrogens is 2. The molecule has 0 bridgehead atoms. The van der Waals surface area contributed by atoms with Gasteiger partial charge in [-0.25, -0.2) is 0 Å². The molecule has 2 aromatic rings. The molecule has 0 aliphatic carbocycles. The lowest BCUT2D eigenvalue weighted by molar-refractivity contribution is 0.0742. The molecule has 1 fully saturated rings. The van der Waals surface area contributed by atoms with Crippen LogP contribution in [-0.2, 0) is 0 Å². The number of nitrogens with zero attached hydrogens (tertiary/aromatic N) is 3. The molecule has 0 radical (unpaired) electrons. The normalized spacial score (nSPS) is 24.1. The summed E-state index contributed by atoms with van der Waals surface area (Å²) in [5, 5.41) is 15.6. The van der Waals surface area contributed by atoms with E-state index in [2.05, 4.69) is 34.2 Å². The van der Waals surface area contributed by atoms with E-state index in [1.807, 2.05) is 60.7 Å². The third-order valence-electron chi connectivity index (χ3n) is 6.21. The summed E-state index contributed by atoms with van der Waals surface area (Å²) in [7, 11) is 0. The third kappa shape index (κ3) is 4.08. The van der Waals surface area contributed by atoms with Crippen LogP contribution in [0.2, 0.25) is 0 Å². The maximum atomic E-state index is 12.9. The number of hydrogen-bond acceptors (Lipinski definition) is 3. The number of nitrogens with one attached hydrogen (secondary N) is 2. The Bertz CT molecular complexity index is 947. The van der Waals surface area contributed by atoms with E-state index in [9.17, 15) is 4.79 Å². The van der Waals surface area contributed by atoms with E-state index in [4.69, 9.17) is 5.41 Å². The van der Waals surface area contributed by atoms with E-state index < -0.39 is 0 Å². The van der Waals surface area contributed by atoms with E-state index in [0.29, 0.717) is 11.8 Å². The van der Waals surface area contributed by atoms with E-state index in [1.54, 1.807) is 0 Å². The molecule has 2 aliphatic heterocycles. The monoisotopic (exact) mass is 403 g/mol. The minimum Gasteiger partial charge on any atom is -0.336 e. The van der Waals surface area contributed by atoms with Gasteiger partial charge < -0.3 is 9.80 Å². The Hall–Kier alpha value is -3.15. The number of carbonyl (C=O) groups is 1. The number of rotatable bonds is 6. The second kappa shape index (κ2) is 8.69. The van der Waals surface area contributed by atoms with Crippen molar-refractivity contribution in [1.82, 2.24) is 20.0 Å². The van der Waals surface area contributed by atoms with Crippen LogP contribution in [-0.4, -0.2) is 50.9 Å². The number of benzene rings is 1. The largest absolute Gasteiger partial charge is 0.336 e. The van der Waals surface area contributed by atoms with Gasteiger partial charge in [0, 0.05) is 48.6 Å². The van der Waals surface area contributed by atoms with Gasteiger partial charge in [0.2, 0.25) is 0 Å². The van der Waals surface area contributed by atoms with Crippen molar-refractivity contribution in [1.29, 1.82) is 5.41 Å². The van der Waals surface area contributed by atoms with Crippen LogP contribution >= 0.6 is 0 Å². The van der Waals surface area contributed by atoms with Crippen LogP contribution in [0.25, 0.3) is 5.57 Å². The number of allylic oxidation sites excluding steroid dienone is 2. The predicted molar refractivity (Wildman–Crippen MR) is 119 cm³/mol. The van der Waals surface area contributed by atoms with E-state index in [1.165, 1.54) is 5.57 Å². The maximum Gasteiger partial charge on any atom is 0.254 e. The number of likely N-dealkylation sites (tertiary alicyclic amines) is 1. The van der Waals surface area contributed by atoms with Gasteiger partial charge in [-0.1, -0.05) is 30.4 Å². The lowest BCUT2D eigenvalue weighted by Crippen LogP contribution is -2.35. The quantitative estimate of drug-likeness (QED) is 0.760. The molecule has 156 valence electrons. The maximum absolute atomic E-state index is 12.9. The lowest BCUT2D eigenvalue weighted by Gasteiger charge is -2.24. The summed E-state index contributed by atoms with van der Waals surface area (Å²) >= 11 is 0. The first-order valence-electron chi connectivity index (χ1n) is 10.6. The summed E-state index contributed by atoms with van der Waals surface area (Å²) in [5.74, 6) is 1.19. The van der Waals surface area contributed by atoms with Crippen LogP contribution in [0.5, 0.6) is 0 Å². The smallest absolute Gasteiger partial charge is 0.254 e. The van der Waals surface area contributed by atoms with Crippen molar-refractivity contribution >= 4 is 17.3 Å². The number of amidine groups is 1. The molecule has 6 nitrogen and oxygen atoms in total. The van der Waals surface area contributed by atoms with Gasteiger partial charge in [0.15, 0.2) is 0 Å². The topological polar surface area (TPSA) is 76.1 Å². The zero-order chi connectivity index (χ0) is 21.1. The zero-order valence-electron chi connectivity index (χ0n) is 17.6. The van der Waals surface area contributed by atoms with Gasteiger partial charge in [-0.05, 0) is 50.3 Å². The Morgan fingerprint density at radius 2 is 2.10 bits per heavy atom. The Morgan fingerprint density at radius 1 is 1.30 bits per heavy atom. The van der Waals surface area contributed by atoms with Gasteiger partial charge in [0.1, 0.15) is 5.84 Å². The van der Waals surface area contributed by atoms with Crippen molar-refractivity contribution in [2.24, 2.45) is 11.8 Å². The number of carbonyl (C=O) groups excluding carboxylic acids is 1. The average molecular weight is 404 g/mol. The summed E-state index contributed by atoms with van der Waals surface area (Å²) in [6, 6.07) is 9.72. The average Bonchev–Trinajstić information content (AvgIpc) is 3.49.